The molecule has 0 spiro atoms. The van der Waals surface area contributed by atoms with Gasteiger partial charge in [0, 0.05) is 60.8 Å². The number of rotatable bonds is 4. The number of alkyl halides is 3. The number of hydrogen-bond donors (Lipinski definition) is 2. The van der Waals surface area contributed by atoms with Gasteiger partial charge in [-0.3, -0.25) is 9.69 Å². The molecule has 4 heterocycles. The van der Waals surface area contributed by atoms with Crippen molar-refractivity contribution >= 4 is 34.2 Å². The summed E-state index contributed by atoms with van der Waals surface area (Å²) in [5, 5.41) is 25.7. The van der Waals surface area contributed by atoms with E-state index < -0.39 is 18.1 Å². The van der Waals surface area contributed by atoms with E-state index in [1.54, 1.807) is 46.2 Å². The van der Waals surface area contributed by atoms with Gasteiger partial charge in [0.1, 0.15) is 5.82 Å². The van der Waals surface area contributed by atoms with E-state index >= 15 is 0 Å². The predicted molar refractivity (Wildman–Crippen MR) is 139 cm³/mol. The van der Waals surface area contributed by atoms with Crippen LogP contribution in [0.25, 0.3) is 22.3 Å². The number of β-amino-alcohol motifs (C(OH)–C–C–N with tert-alkyl or cyclic N) is 1. The van der Waals surface area contributed by atoms with Crippen LogP contribution in [0.3, 0.4) is 0 Å². The standard InChI is InChI=1S/C25H23ClF3N9O2/c26-16-4-1-14(2-5-16)23(40)37-9-7-36(8-10-37)19-12-38(13-20(19)39)22-17-11-15(21-32-34-35-33-21)3-6-18(17)30-24(31-22)25(27,28)29/h1-6,11,19-20,39H,7-10,12-13H2,(H,32,33,34,35)/t19-,20-/m0/s1. The molecular formula is C25H23ClF3N9O2. The van der Waals surface area contributed by atoms with Gasteiger partial charge in [0.05, 0.1) is 17.7 Å². The van der Waals surface area contributed by atoms with E-state index in [0.717, 1.165) is 0 Å². The maximum Gasteiger partial charge on any atom is 0.451 e. The molecule has 0 radical (unpaired) electrons. The van der Waals surface area contributed by atoms with Gasteiger partial charge in [0.15, 0.2) is 0 Å². The van der Waals surface area contributed by atoms with Gasteiger partial charge >= 0.3 is 6.18 Å². The first kappa shape index (κ1) is 26.3. The first-order valence-corrected chi connectivity index (χ1v) is 12.9. The number of carbonyl (C=O) groups is 1. The van der Waals surface area contributed by atoms with Crippen LogP contribution >= 0.6 is 11.6 Å². The molecule has 40 heavy (non-hydrogen) atoms. The second-order valence-corrected chi connectivity index (χ2v) is 10.1. The molecule has 2 aliphatic rings. The third-order valence-corrected chi connectivity index (χ3v) is 7.50. The number of aliphatic hydroxyl groups is 1. The average Bonchev–Trinajstić information content (AvgIpc) is 3.62. The van der Waals surface area contributed by atoms with Gasteiger partial charge < -0.3 is 14.9 Å². The van der Waals surface area contributed by atoms with Crippen LogP contribution in [0, 0.1) is 0 Å². The van der Waals surface area contributed by atoms with Gasteiger partial charge in [0.2, 0.25) is 11.6 Å². The van der Waals surface area contributed by atoms with Gasteiger partial charge in [-0.15, -0.1) is 10.2 Å². The molecule has 11 nitrogen and oxygen atoms in total. The molecule has 2 N–H and O–H groups in total. The van der Waals surface area contributed by atoms with Crippen molar-refractivity contribution in [3.8, 4) is 11.4 Å². The zero-order valence-corrected chi connectivity index (χ0v) is 21.6. The molecule has 0 unspecified atom stereocenters. The van der Waals surface area contributed by atoms with Crippen LogP contribution in [-0.4, -0.2) is 103 Å². The summed E-state index contributed by atoms with van der Waals surface area (Å²) in [5.74, 6) is -1.01. The molecule has 208 valence electrons. The smallest absolute Gasteiger partial charge is 0.390 e. The maximum absolute atomic E-state index is 13.7. The molecule has 0 aliphatic carbocycles. The molecule has 15 heteroatoms. The van der Waals surface area contributed by atoms with Crippen molar-refractivity contribution in [3.05, 3.63) is 58.9 Å². The molecule has 6 rings (SSSR count). The number of carbonyl (C=O) groups excluding carboxylic acids is 1. The lowest BCUT2D eigenvalue weighted by Crippen LogP contribution is -2.54. The van der Waals surface area contributed by atoms with Crippen molar-refractivity contribution in [2.45, 2.75) is 18.3 Å². The van der Waals surface area contributed by atoms with Crippen molar-refractivity contribution in [3.63, 3.8) is 0 Å². The van der Waals surface area contributed by atoms with E-state index in [2.05, 4.69) is 35.5 Å². The molecule has 2 atom stereocenters. The minimum Gasteiger partial charge on any atom is -0.390 e. The Bertz CT molecular complexity index is 1530. The molecule has 4 aromatic rings. The fourth-order valence-electron chi connectivity index (χ4n) is 5.24. The number of aromatic amines is 1. The highest BCUT2D eigenvalue weighted by atomic mass is 35.5. The molecule has 0 saturated carbocycles. The molecule has 2 saturated heterocycles. The Morgan fingerprint density at radius 1 is 1.02 bits per heavy atom. The van der Waals surface area contributed by atoms with Gasteiger partial charge in [-0.25, -0.2) is 9.97 Å². The lowest BCUT2D eigenvalue weighted by atomic mass is 10.1. The van der Waals surface area contributed by atoms with E-state index in [-0.39, 0.29) is 42.2 Å². The number of piperazine rings is 1. The quantitative estimate of drug-likeness (QED) is 0.378. The zero-order chi connectivity index (χ0) is 28.0. The van der Waals surface area contributed by atoms with E-state index in [9.17, 15) is 23.1 Å². The van der Waals surface area contributed by atoms with Crippen LogP contribution in [-0.2, 0) is 6.18 Å². The van der Waals surface area contributed by atoms with Gasteiger partial charge in [0.25, 0.3) is 5.91 Å². The van der Waals surface area contributed by atoms with Crippen LogP contribution in [0.1, 0.15) is 16.2 Å². The number of hydrogen-bond acceptors (Lipinski definition) is 9. The number of H-pyrrole nitrogens is 1. The highest BCUT2D eigenvalue weighted by Gasteiger charge is 2.41. The van der Waals surface area contributed by atoms with E-state index in [0.29, 0.717) is 47.7 Å². The molecule has 0 bridgehead atoms. The third kappa shape index (κ3) is 5.05. The fraction of sp³-hybridized carbons (Fsp3) is 0.360. The minimum absolute atomic E-state index is 0.0702. The predicted octanol–water partition coefficient (Wildman–Crippen LogP) is 2.49. The topological polar surface area (TPSA) is 127 Å². The number of nitrogens with one attached hydrogen (secondary N) is 1. The number of halogens is 4. The second-order valence-electron chi connectivity index (χ2n) is 9.71. The number of anilines is 1. The zero-order valence-electron chi connectivity index (χ0n) is 20.9. The number of benzene rings is 2. The van der Waals surface area contributed by atoms with E-state index in [1.807, 2.05) is 0 Å². The average molecular weight is 574 g/mol. The molecule has 2 aliphatic heterocycles. The Labute approximate surface area is 230 Å². The number of amides is 1. The summed E-state index contributed by atoms with van der Waals surface area (Å²) in [6, 6.07) is 11.0. The molecule has 2 fully saturated rings. The Morgan fingerprint density at radius 3 is 2.45 bits per heavy atom. The summed E-state index contributed by atoms with van der Waals surface area (Å²) in [6.45, 7) is 2.26. The summed E-state index contributed by atoms with van der Waals surface area (Å²) in [6.07, 6.45) is -5.58. The van der Waals surface area contributed by atoms with Crippen molar-refractivity contribution in [2.24, 2.45) is 0 Å². The van der Waals surface area contributed by atoms with Crippen LogP contribution in [0.2, 0.25) is 5.02 Å². The number of tetrazole rings is 1. The summed E-state index contributed by atoms with van der Waals surface area (Å²) in [4.78, 5) is 26.0. The summed E-state index contributed by atoms with van der Waals surface area (Å²) < 4.78 is 41.1. The molecule has 2 aromatic heterocycles. The maximum atomic E-state index is 13.7. The number of aliphatic hydroxyl groups excluding tert-OH is 1. The van der Waals surface area contributed by atoms with Crippen LogP contribution in [0.5, 0.6) is 0 Å². The van der Waals surface area contributed by atoms with Crippen molar-refractivity contribution in [1.82, 2.24) is 40.4 Å². The van der Waals surface area contributed by atoms with Gasteiger partial charge in [-0.05, 0) is 47.7 Å². The second kappa shape index (κ2) is 10.3. The molecule has 1 amide bonds. The Morgan fingerprint density at radius 2 is 1.77 bits per heavy atom. The SMILES string of the molecule is O=C(c1ccc(Cl)cc1)N1CCN([C@H]2CN(c3nc(C(F)(F)F)nc4ccc(-c5nn[nH]n5)cc34)C[C@@H]2O)CC1. The summed E-state index contributed by atoms with van der Waals surface area (Å²) in [5.41, 5.74) is 1.18. The lowest BCUT2D eigenvalue weighted by molar-refractivity contribution is -0.144. The molecular weight excluding hydrogens is 551 g/mol. The minimum atomic E-state index is -4.75. The first-order valence-electron chi connectivity index (χ1n) is 12.5. The number of fused-ring (bicyclic) bond motifs is 1. The summed E-state index contributed by atoms with van der Waals surface area (Å²) >= 11 is 5.93. The number of nitrogens with zero attached hydrogens (tertiary/aromatic N) is 8. The monoisotopic (exact) mass is 573 g/mol. The van der Waals surface area contributed by atoms with Gasteiger partial charge in [-0.1, -0.05) is 11.6 Å². The van der Waals surface area contributed by atoms with Crippen LogP contribution < -0.4 is 4.90 Å². The Kier molecular flexibility index (Phi) is 6.76. The van der Waals surface area contributed by atoms with Crippen molar-refractivity contribution in [1.29, 1.82) is 0 Å². The van der Waals surface area contributed by atoms with Gasteiger partial charge in [-0.2, -0.15) is 18.4 Å². The van der Waals surface area contributed by atoms with E-state index in [1.165, 1.54) is 6.07 Å². The van der Waals surface area contributed by atoms with E-state index in [4.69, 9.17) is 11.6 Å². The fourth-order valence-corrected chi connectivity index (χ4v) is 5.36. The van der Waals surface area contributed by atoms with Crippen LogP contribution in [0.15, 0.2) is 42.5 Å². The largest absolute Gasteiger partial charge is 0.451 e. The highest BCUT2D eigenvalue weighted by molar-refractivity contribution is 6.30. The van der Waals surface area contributed by atoms with Crippen LogP contribution in [0.4, 0.5) is 19.0 Å². The first-order chi connectivity index (χ1) is 19.2. The Hall–Kier alpha value is -3.88. The highest BCUT2D eigenvalue weighted by Crippen LogP contribution is 2.35. The van der Waals surface area contributed by atoms with Crippen molar-refractivity contribution < 1.29 is 23.1 Å². The number of aromatic nitrogens is 6. The normalized spacial score (nSPS) is 20.4. The summed E-state index contributed by atoms with van der Waals surface area (Å²) in [7, 11) is 0. The van der Waals surface area contributed by atoms with Crippen molar-refractivity contribution in [2.75, 3.05) is 44.2 Å². The third-order valence-electron chi connectivity index (χ3n) is 7.25. The molecule has 2 aromatic carbocycles. The lowest BCUT2D eigenvalue weighted by Gasteiger charge is -2.38. The Balaban J connectivity index is 1.23.